The number of fused-ring (bicyclic) bond motifs is 1. The summed E-state index contributed by atoms with van der Waals surface area (Å²) < 4.78 is 9.99. The molecule has 0 saturated carbocycles. The van der Waals surface area contributed by atoms with E-state index in [1.807, 2.05) is 0 Å². The molecule has 1 unspecified atom stereocenters. The third-order valence-corrected chi connectivity index (χ3v) is 4.79. The number of aliphatic hydroxyl groups excluding tert-OH is 1. The van der Waals surface area contributed by atoms with E-state index in [-0.39, 0.29) is 28.5 Å². The topological polar surface area (TPSA) is 131 Å². The summed E-state index contributed by atoms with van der Waals surface area (Å²) in [6.45, 7) is 0.220. The standard InChI is InChI=1S/C18H17N3O6S/c1-19-17(24)14-13-15(23)12(9-11(22)16(13)27-21-14)28-8-7-20-18(25)26-10-5-3-2-4-6-10/h2-6,9,17,19,24H,7-8H2,1H3,(H,20,25). The summed E-state index contributed by atoms with van der Waals surface area (Å²) in [5.74, 6) is -0.408. The van der Waals surface area contributed by atoms with Crippen LogP contribution in [0, 0.1) is 0 Å². The molecule has 0 aliphatic heterocycles. The molecule has 1 aromatic carbocycles. The van der Waals surface area contributed by atoms with Gasteiger partial charge in [0.15, 0.2) is 6.23 Å². The first-order valence-corrected chi connectivity index (χ1v) is 9.29. The zero-order chi connectivity index (χ0) is 20.1. The lowest BCUT2D eigenvalue weighted by atomic mass is 9.99. The first-order valence-electron chi connectivity index (χ1n) is 8.30. The number of nitrogens with one attached hydrogen (secondary N) is 2. The summed E-state index contributed by atoms with van der Waals surface area (Å²) in [6.07, 6.45) is -0.686. The molecule has 28 heavy (non-hydrogen) atoms. The number of aliphatic hydroxyl groups is 1. The molecule has 10 heteroatoms. The predicted molar refractivity (Wildman–Crippen MR) is 100 cm³/mol. The van der Waals surface area contributed by atoms with Crippen LogP contribution in [0.3, 0.4) is 0 Å². The van der Waals surface area contributed by atoms with Gasteiger partial charge in [-0.2, -0.15) is 0 Å². The number of hydrogen-bond donors (Lipinski definition) is 3. The van der Waals surface area contributed by atoms with Crippen molar-refractivity contribution in [1.29, 1.82) is 0 Å². The van der Waals surface area contributed by atoms with Crippen molar-refractivity contribution in [3.8, 4) is 5.75 Å². The van der Waals surface area contributed by atoms with Crippen LogP contribution in [0.2, 0.25) is 0 Å². The van der Waals surface area contributed by atoms with E-state index in [0.717, 1.165) is 11.8 Å². The van der Waals surface area contributed by atoms with Gasteiger partial charge in [-0.25, -0.2) is 4.79 Å². The number of aromatic nitrogens is 1. The molecule has 2 aromatic rings. The first-order chi connectivity index (χ1) is 13.5. The number of thioether (sulfide) groups is 1. The molecule has 0 radical (unpaired) electrons. The predicted octanol–water partition coefficient (Wildman–Crippen LogP) is 1.67. The van der Waals surface area contributed by atoms with Crippen LogP contribution in [0.1, 0.15) is 32.8 Å². The number of ketones is 2. The maximum absolute atomic E-state index is 12.6. The number of nitrogens with zero attached hydrogens (tertiary/aromatic N) is 1. The lowest BCUT2D eigenvalue weighted by Gasteiger charge is -2.13. The Morgan fingerprint density at radius 2 is 2.07 bits per heavy atom. The van der Waals surface area contributed by atoms with Crippen molar-refractivity contribution in [2.75, 3.05) is 19.3 Å². The molecular formula is C18H17N3O6S. The second kappa shape index (κ2) is 8.83. The number of Topliss-reactive ketones (excluding diaryl/α,β-unsaturated/α-hetero) is 1. The van der Waals surface area contributed by atoms with Gasteiger partial charge >= 0.3 is 6.09 Å². The van der Waals surface area contributed by atoms with Gasteiger partial charge in [0, 0.05) is 18.4 Å². The van der Waals surface area contributed by atoms with Crippen molar-refractivity contribution in [1.82, 2.24) is 15.8 Å². The molecule has 1 heterocycles. The molecule has 0 bridgehead atoms. The van der Waals surface area contributed by atoms with Crippen LogP contribution in [-0.4, -0.2) is 47.3 Å². The summed E-state index contributed by atoms with van der Waals surface area (Å²) >= 11 is 1.10. The Balaban J connectivity index is 1.55. The molecule has 1 aromatic heterocycles. The van der Waals surface area contributed by atoms with Gasteiger partial charge in [0.05, 0.1) is 4.91 Å². The van der Waals surface area contributed by atoms with Crippen LogP contribution in [0.25, 0.3) is 0 Å². The minimum Gasteiger partial charge on any atom is -0.410 e. The van der Waals surface area contributed by atoms with E-state index >= 15 is 0 Å². The molecule has 9 nitrogen and oxygen atoms in total. The van der Waals surface area contributed by atoms with E-state index in [9.17, 15) is 19.5 Å². The molecule has 0 spiro atoms. The van der Waals surface area contributed by atoms with Gasteiger partial charge in [0.2, 0.25) is 17.3 Å². The van der Waals surface area contributed by atoms with Gasteiger partial charge in [-0.3, -0.25) is 14.9 Å². The molecule has 1 aliphatic carbocycles. The number of hydrogen-bond acceptors (Lipinski definition) is 9. The van der Waals surface area contributed by atoms with Crippen molar-refractivity contribution in [3.63, 3.8) is 0 Å². The van der Waals surface area contributed by atoms with Crippen molar-refractivity contribution < 1.29 is 28.8 Å². The highest BCUT2D eigenvalue weighted by Crippen LogP contribution is 2.31. The van der Waals surface area contributed by atoms with Crippen LogP contribution in [0.15, 0.2) is 45.8 Å². The quantitative estimate of drug-likeness (QED) is 0.467. The highest BCUT2D eigenvalue weighted by Gasteiger charge is 2.35. The molecule has 3 rings (SSSR count). The summed E-state index contributed by atoms with van der Waals surface area (Å²) in [6, 6.07) is 8.60. The van der Waals surface area contributed by atoms with E-state index in [1.54, 1.807) is 30.3 Å². The second-order valence-corrected chi connectivity index (χ2v) is 6.78. The third kappa shape index (κ3) is 4.30. The fourth-order valence-electron chi connectivity index (χ4n) is 2.44. The zero-order valence-corrected chi connectivity index (χ0v) is 15.6. The largest absolute Gasteiger partial charge is 0.412 e. The van der Waals surface area contributed by atoms with E-state index in [4.69, 9.17) is 9.26 Å². The highest BCUT2D eigenvalue weighted by atomic mass is 32.2. The maximum Gasteiger partial charge on any atom is 0.412 e. The monoisotopic (exact) mass is 403 g/mol. The summed E-state index contributed by atoms with van der Waals surface area (Å²) in [5.41, 5.74) is -0.0834. The molecule has 1 atom stereocenters. The van der Waals surface area contributed by atoms with Crippen molar-refractivity contribution >= 4 is 29.4 Å². The molecule has 146 valence electrons. The number of ether oxygens (including phenoxy) is 1. The SMILES string of the molecule is CNC(O)c1noc2c1C(=O)C(SCCNC(=O)Oc1ccccc1)=CC2=O. The van der Waals surface area contributed by atoms with E-state index in [1.165, 1.54) is 13.1 Å². The van der Waals surface area contributed by atoms with Gasteiger partial charge in [-0.05, 0) is 19.2 Å². The number of carbonyl (C=O) groups excluding carboxylic acids is 3. The summed E-state index contributed by atoms with van der Waals surface area (Å²) in [7, 11) is 1.48. The van der Waals surface area contributed by atoms with Gasteiger partial charge in [0.25, 0.3) is 0 Å². The minimum absolute atomic E-state index is 0.0355. The summed E-state index contributed by atoms with van der Waals surface area (Å²) in [4.78, 5) is 36.7. The average Bonchev–Trinajstić information content (AvgIpc) is 3.15. The number of rotatable bonds is 7. The molecule has 1 amide bonds. The van der Waals surface area contributed by atoms with E-state index in [0.29, 0.717) is 11.5 Å². The van der Waals surface area contributed by atoms with Crippen LogP contribution in [0.4, 0.5) is 4.79 Å². The molecule has 1 aliphatic rings. The Bertz CT molecular complexity index is 925. The smallest absolute Gasteiger partial charge is 0.410 e. The Hall–Kier alpha value is -2.95. The van der Waals surface area contributed by atoms with Crippen LogP contribution >= 0.6 is 11.8 Å². The van der Waals surface area contributed by atoms with Crippen LogP contribution in [-0.2, 0) is 0 Å². The molecular weight excluding hydrogens is 386 g/mol. The lowest BCUT2D eigenvalue weighted by Crippen LogP contribution is -2.29. The Morgan fingerprint density at radius 1 is 1.32 bits per heavy atom. The first kappa shape index (κ1) is 19.8. The van der Waals surface area contributed by atoms with Crippen LogP contribution in [0.5, 0.6) is 5.75 Å². The van der Waals surface area contributed by atoms with Crippen LogP contribution < -0.4 is 15.4 Å². The number of para-hydroxylation sites is 1. The average molecular weight is 403 g/mol. The Morgan fingerprint density at radius 3 is 2.79 bits per heavy atom. The number of carbonyl (C=O) groups is 3. The Labute approximate surface area is 164 Å². The van der Waals surface area contributed by atoms with Crippen molar-refractivity contribution in [3.05, 3.63) is 58.3 Å². The number of allylic oxidation sites excluding steroid dienone is 2. The van der Waals surface area contributed by atoms with Gasteiger partial charge in [-0.1, -0.05) is 23.4 Å². The second-order valence-electron chi connectivity index (χ2n) is 5.64. The molecule has 0 saturated heterocycles. The number of amides is 1. The third-order valence-electron chi connectivity index (χ3n) is 3.77. The van der Waals surface area contributed by atoms with E-state index < -0.39 is 23.9 Å². The Kier molecular flexibility index (Phi) is 6.24. The fourth-order valence-corrected chi connectivity index (χ4v) is 3.29. The fraction of sp³-hybridized carbons (Fsp3) is 0.222. The van der Waals surface area contributed by atoms with Crippen molar-refractivity contribution in [2.45, 2.75) is 6.23 Å². The molecule has 3 N–H and O–H groups in total. The molecule has 0 fully saturated rings. The van der Waals surface area contributed by atoms with Crippen molar-refractivity contribution in [2.24, 2.45) is 0 Å². The number of benzene rings is 1. The maximum atomic E-state index is 12.6. The van der Waals surface area contributed by atoms with Gasteiger partial charge in [-0.15, -0.1) is 11.8 Å². The van der Waals surface area contributed by atoms with E-state index in [2.05, 4.69) is 15.8 Å². The minimum atomic E-state index is -1.23. The van der Waals surface area contributed by atoms with Gasteiger partial charge in [0.1, 0.15) is 17.0 Å². The summed E-state index contributed by atoms with van der Waals surface area (Å²) in [5, 5.41) is 18.6. The zero-order valence-electron chi connectivity index (χ0n) is 14.8. The highest BCUT2D eigenvalue weighted by molar-refractivity contribution is 8.04. The normalized spacial score (nSPS) is 14.3. The van der Waals surface area contributed by atoms with Gasteiger partial charge < -0.3 is 19.7 Å². The lowest BCUT2D eigenvalue weighted by molar-refractivity contribution is 0.0966.